The maximum atomic E-state index is 12.0. The molecule has 0 aliphatic carbocycles. The fourth-order valence-corrected chi connectivity index (χ4v) is 2.63. The molecule has 0 atom stereocenters. The van der Waals surface area contributed by atoms with Crippen LogP contribution in [0, 0.1) is 3.57 Å². The summed E-state index contributed by atoms with van der Waals surface area (Å²) >= 11 is 2.05. The van der Waals surface area contributed by atoms with E-state index in [1.165, 1.54) is 0 Å². The lowest BCUT2D eigenvalue weighted by molar-refractivity contribution is -0.132. The molecule has 4 nitrogen and oxygen atoms in total. The van der Waals surface area contributed by atoms with Crippen molar-refractivity contribution < 1.29 is 19.5 Å². The van der Waals surface area contributed by atoms with Gasteiger partial charge in [0.05, 0.1) is 0 Å². The molecule has 0 spiro atoms. The minimum atomic E-state index is -0.960. The predicted molar refractivity (Wildman–Crippen MR) is 93.0 cm³/mol. The summed E-state index contributed by atoms with van der Waals surface area (Å²) in [6.07, 6.45) is 3.72. The summed E-state index contributed by atoms with van der Waals surface area (Å²) in [5.41, 5.74) is 0.677. The molecule has 0 radical (unpaired) electrons. The molecular weight excluding hydrogens is 395 g/mol. The van der Waals surface area contributed by atoms with Gasteiger partial charge in [0.25, 0.3) is 0 Å². The van der Waals surface area contributed by atoms with Crippen molar-refractivity contribution in [1.29, 1.82) is 0 Å². The summed E-state index contributed by atoms with van der Waals surface area (Å²) in [6, 6.07) is 7.04. The fraction of sp³-hybridized carbons (Fsp3) is 0.353. The minimum absolute atomic E-state index is 0.213. The molecule has 0 saturated heterocycles. The van der Waals surface area contributed by atoms with E-state index >= 15 is 0 Å². The van der Waals surface area contributed by atoms with Gasteiger partial charge in [-0.05, 0) is 54.0 Å². The average molecular weight is 414 g/mol. The van der Waals surface area contributed by atoms with Crippen LogP contribution in [0.1, 0.15) is 48.9 Å². The SMILES string of the molecule is C=C(CCCCCCC(=O)C(=O)c1ccccc1I)C(=O)O. The number of rotatable bonds is 10. The van der Waals surface area contributed by atoms with E-state index in [1.807, 2.05) is 28.7 Å². The second-order valence-electron chi connectivity index (χ2n) is 5.06. The maximum absolute atomic E-state index is 12.0. The van der Waals surface area contributed by atoms with Crippen molar-refractivity contribution >= 4 is 40.1 Å². The van der Waals surface area contributed by atoms with Crippen LogP contribution in [0.3, 0.4) is 0 Å². The summed E-state index contributed by atoms with van der Waals surface area (Å²) in [5, 5.41) is 8.67. The highest BCUT2D eigenvalue weighted by atomic mass is 127. The first-order valence-corrected chi connectivity index (χ1v) is 8.24. The minimum Gasteiger partial charge on any atom is -0.478 e. The number of Topliss-reactive ketones (excluding diaryl/α,β-unsaturated/α-hetero) is 2. The van der Waals surface area contributed by atoms with Crippen molar-refractivity contribution in [3.8, 4) is 0 Å². The van der Waals surface area contributed by atoms with E-state index in [4.69, 9.17) is 5.11 Å². The van der Waals surface area contributed by atoms with Gasteiger partial charge in [0, 0.05) is 21.1 Å². The molecule has 0 amide bonds. The number of carboxylic acid groups (broad SMARTS) is 1. The van der Waals surface area contributed by atoms with Gasteiger partial charge in [-0.2, -0.15) is 0 Å². The van der Waals surface area contributed by atoms with Crippen LogP contribution in [-0.4, -0.2) is 22.6 Å². The van der Waals surface area contributed by atoms with Crippen molar-refractivity contribution in [3.05, 3.63) is 45.6 Å². The Hall–Kier alpha value is -1.50. The van der Waals surface area contributed by atoms with Gasteiger partial charge in [-0.15, -0.1) is 0 Å². The Bertz CT molecular complexity index is 578. The van der Waals surface area contributed by atoms with E-state index in [-0.39, 0.29) is 17.8 Å². The van der Waals surface area contributed by atoms with Gasteiger partial charge in [-0.1, -0.05) is 31.6 Å². The van der Waals surface area contributed by atoms with Crippen LogP contribution >= 0.6 is 22.6 Å². The summed E-state index contributed by atoms with van der Waals surface area (Å²) in [7, 11) is 0. The van der Waals surface area contributed by atoms with Gasteiger partial charge < -0.3 is 5.11 Å². The highest BCUT2D eigenvalue weighted by Crippen LogP contribution is 2.15. The van der Waals surface area contributed by atoms with Gasteiger partial charge >= 0.3 is 5.97 Å². The molecule has 5 heteroatoms. The molecule has 1 N–H and O–H groups in total. The molecule has 1 aromatic carbocycles. The topological polar surface area (TPSA) is 71.4 Å². The molecule has 0 heterocycles. The highest BCUT2D eigenvalue weighted by Gasteiger charge is 2.17. The zero-order valence-corrected chi connectivity index (χ0v) is 14.5. The lowest BCUT2D eigenvalue weighted by atomic mass is 10.0. The van der Waals surface area contributed by atoms with Crippen LogP contribution in [0.4, 0.5) is 0 Å². The van der Waals surface area contributed by atoms with Gasteiger partial charge in [-0.3, -0.25) is 9.59 Å². The molecule has 0 saturated carbocycles. The van der Waals surface area contributed by atoms with E-state index in [1.54, 1.807) is 18.2 Å². The monoisotopic (exact) mass is 414 g/mol. The second-order valence-corrected chi connectivity index (χ2v) is 6.22. The quantitative estimate of drug-likeness (QED) is 0.206. The number of aliphatic carboxylic acids is 1. The van der Waals surface area contributed by atoms with Gasteiger partial charge in [0.1, 0.15) is 0 Å². The fourth-order valence-electron chi connectivity index (χ4n) is 1.99. The molecule has 22 heavy (non-hydrogen) atoms. The van der Waals surface area contributed by atoms with Crippen LogP contribution < -0.4 is 0 Å². The molecular formula is C17H19IO4. The van der Waals surface area contributed by atoms with Crippen LogP contribution in [0.25, 0.3) is 0 Å². The summed E-state index contributed by atoms with van der Waals surface area (Å²) < 4.78 is 0.783. The van der Waals surface area contributed by atoms with Crippen LogP contribution in [0.15, 0.2) is 36.4 Å². The second kappa shape index (κ2) is 9.50. The molecule has 118 valence electrons. The standard InChI is InChI=1S/C17H19IO4/c1-12(17(21)22)8-4-2-3-5-11-15(19)16(20)13-9-6-7-10-14(13)18/h6-7,9-10H,1-5,8,11H2,(H,21,22). The molecule has 0 aliphatic heterocycles. The van der Waals surface area contributed by atoms with E-state index < -0.39 is 11.8 Å². The Morgan fingerprint density at radius 2 is 1.59 bits per heavy atom. The Morgan fingerprint density at radius 1 is 1.00 bits per heavy atom. The molecule has 0 bridgehead atoms. The first-order valence-electron chi connectivity index (χ1n) is 7.16. The number of carbonyl (C=O) groups is 3. The maximum Gasteiger partial charge on any atom is 0.330 e. The van der Waals surface area contributed by atoms with Gasteiger partial charge in [-0.25, -0.2) is 4.79 Å². The Labute approximate surface area is 143 Å². The van der Waals surface area contributed by atoms with Crippen molar-refractivity contribution in [2.75, 3.05) is 0 Å². The Morgan fingerprint density at radius 3 is 2.18 bits per heavy atom. The largest absolute Gasteiger partial charge is 0.478 e. The molecule has 0 fully saturated rings. The van der Waals surface area contributed by atoms with E-state index in [9.17, 15) is 14.4 Å². The predicted octanol–water partition coefficient (Wildman–Crippen LogP) is 4.02. The first-order chi connectivity index (χ1) is 10.4. The number of carboxylic acids is 1. The zero-order chi connectivity index (χ0) is 16.5. The van der Waals surface area contributed by atoms with Crippen molar-refractivity contribution in [3.63, 3.8) is 0 Å². The number of hydrogen-bond donors (Lipinski definition) is 1. The number of unbranched alkanes of at least 4 members (excludes halogenated alkanes) is 3. The normalized spacial score (nSPS) is 10.2. The molecule has 0 aliphatic rings. The lowest BCUT2D eigenvalue weighted by Crippen LogP contribution is -2.15. The number of ketones is 2. The van der Waals surface area contributed by atoms with Gasteiger partial charge in [0.15, 0.2) is 0 Å². The van der Waals surface area contributed by atoms with Crippen molar-refractivity contribution in [2.24, 2.45) is 0 Å². The van der Waals surface area contributed by atoms with E-state index in [0.717, 1.165) is 22.8 Å². The third-order valence-corrected chi connectivity index (χ3v) is 4.25. The van der Waals surface area contributed by atoms with Crippen LogP contribution in [-0.2, 0) is 9.59 Å². The van der Waals surface area contributed by atoms with Crippen LogP contribution in [0.2, 0.25) is 0 Å². The number of hydrogen-bond acceptors (Lipinski definition) is 3. The van der Waals surface area contributed by atoms with E-state index in [2.05, 4.69) is 6.58 Å². The zero-order valence-electron chi connectivity index (χ0n) is 12.3. The summed E-state index contributed by atoms with van der Waals surface area (Å²) in [6.45, 7) is 3.47. The molecule has 1 rings (SSSR count). The Kier molecular flexibility index (Phi) is 8.01. The van der Waals surface area contributed by atoms with Gasteiger partial charge in [0.2, 0.25) is 11.6 Å². The highest BCUT2D eigenvalue weighted by molar-refractivity contribution is 14.1. The summed E-state index contributed by atoms with van der Waals surface area (Å²) in [5.74, 6) is -1.75. The van der Waals surface area contributed by atoms with Crippen molar-refractivity contribution in [1.82, 2.24) is 0 Å². The molecule has 0 aromatic heterocycles. The third kappa shape index (κ3) is 6.09. The number of benzene rings is 1. The average Bonchev–Trinajstić information content (AvgIpc) is 2.49. The van der Waals surface area contributed by atoms with Crippen LogP contribution in [0.5, 0.6) is 0 Å². The lowest BCUT2D eigenvalue weighted by Gasteiger charge is -2.03. The first kappa shape index (κ1) is 18.5. The smallest absolute Gasteiger partial charge is 0.330 e. The summed E-state index contributed by atoms with van der Waals surface area (Å²) in [4.78, 5) is 34.5. The van der Waals surface area contributed by atoms with Crippen molar-refractivity contribution in [2.45, 2.75) is 38.5 Å². The molecule has 1 aromatic rings. The van der Waals surface area contributed by atoms with E-state index in [0.29, 0.717) is 18.4 Å². The Balaban J connectivity index is 2.27. The molecule has 0 unspecified atom stereocenters. The third-order valence-electron chi connectivity index (χ3n) is 3.31. The number of carbonyl (C=O) groups excluding carboxylic acids is 2. The number of halogens is 1.